The fourth-order valence-corrected chi connectivity index (χ4v) is 4.84. The lowest BCUT2D eigenvalue weighted by molar-refractivity contribution is -0.156. The zero-order valence-electron chi connectivity index (χ0n) is 17.8. The standard InChI is InChI=1S/C23H27ClN2O5S/c1-16(17-8-10-20(11-9-17)32(25,29)30)26-21(27)15-31-22(28)23(12-3-2-4-13-23)18-6-5-7-19(24)14-18/h5-11,14,16H,2-4,12-13,15H2,1H3,(H,26,27)(H2,25,29,30). The number of nitrogens with one attached hydrogen (secondary N) is 1. The molecule has 2 aromatic carbocycles. The molecular weight excluding hydrogens is 452 g/mol. The maximum absolute atomic E-state index is 13.1. The van der Waals surface area contributed by atoms with Crippen molar-refractivity contribution in [3.05, 3.63) is 64.7 Å². The number of halogens is 1. The number of esters is 1. The summed E-state index contributed by atoms with van der Waals surface area (Å²) >= 11 is 6.15. The van der Waals surface area contributed by atoms with Gasteiger partial charge in [0.15, 0.2) is 6.61 Å². The minimum Gasteiger partial charge on any atom is -0.455 e. The van der Waals surface area contributed by atoms with E-state index in [1.54, 1.807) is 31.2 Å². The quantitative estimate of drug-likeness (QED) is 0.590. The number of carbonyl (C=O) groups is 2. The highest BCUT2D eigenvalue weighted by Crippen LogP contribution is 2.41. The average molecular weight is 479 g/mol. The van der Waals surface area contributed by atoms with Crippen LogP contribution in [0.4, 0.5) is 0 Å². The molecule has 172 valence electrons. The molecule has 9 heteroatoms. The van der Waals surface area contributed by atoms with Crippen molar-refractivity contribution in [1.82, 2.24) is 5.32 Å². The minimum absolute atomic E-state index is 0.00694. The predicted octanol–water partition coefficient (Wildman–Crippen LogP) is 3.61. The lowest BCUT2D eigenvalue weighted by Crippen LogP contribution is -2.41. The lowest BCUT2D eigenvalue weighted by atomic mass is 9.69. The molecule has 3 N–H and O–H groups in total. The molecule has 0 radical (unpaired) electrons. The van der Waals surface area contributed by atoms with Gasteiger partial charge < -0.3 is 10.1 Å². The van der Waals surface area contributed by atoms with Crippen LogP contribution in [0.5, 0.6) is 0 Å². The second-order valence-corrected chi connectivity index (χ2v) is 10.1. The Morgan fingerprint density at radius 3 is 2.38 bits per heavy atom. The van der Waals surface area contributed by atoms with Crippen molar-refractivity contribution >= 4 is 33.5 Å². The van der Waals surface area contributed by atoms with E-state index in [1.807, 2.05) is 12.1 Å². The third-order valence-corrected chi connectivity index (χ3v) is 7.06. The Balaban J connectivity index is 1.63. The Labute approximate surface area is 193 Å². The van der Waals surface area contributed by atoms with E-state index in [0.717, 1.165) is 24.8 Å². The van der Waals surface area contributed by atoms with Gasteiger partial charge in [0.2, 0.25) is 10.0 Å². The van der Waals surface area contributed by atoms with Crippen molar-refractivity contribution in [2.45, 2.75) is 55.4 Å². The summed E-state index contributed by atoms with van der Waals surface area (Å²) in [5.41, 5.74) is 0.719. The summed E-state index contributed by atoms with van der Waals surface area (Å²) in [4.78, 5) is 25.5. The highest BCUT2D eigenvalue weighted by atomic mass is 35.5. The number of ether oxygens (including phenoxy) is 1. The summed E-state index contributed by atoms with van der Waals surface area (Å²) in [6.07, 6.45) is 4.16. The van der Waals surface area contributed by atoms with Crippen LogP contribution in [0.25, 0.3) is 0 Å². The maximum atomic E-state index is 13.1. The van der Waals surface area contributed by atoms with Gasteiger partial charge in [0.1, 0.15) is 0 Å². The number of rotatable bonds is 7. The van der Waals surface area contributed by atoms with Crippen LogP contribution in [0.15, 0.2) is 53.4 Å². The number of sulfonamides is 1. The van der Waals surface area contributed by atoms with Gasteiger partial charge >= 0.3 is 5.97 Å². The SMILES string of the molecule is CC(NC(=O)COC(=O)C1(c2cccc(Cl)c2)CCCCC1)c1ccc(S(N)(=O)=O)cc1. The van der Waals surface area contributed by atoms with Gasteiger partial charge in [-0.2, -0.15) is 0 Å². The first-order valence-corrected chi connectivity index (χ1v) is 12.4. The first-order chi connectivity index (χ1) is 15.1. The Hall–Kier alpha value is -2.42. The van der Waals surface area contributed by atoms with E-state index in [4.69, 9.17) is 21.5 Å². The molecule has 1 atom stereocenters. The largest absolute Gasteiger partial charge is 0.455 e. The molecule has 1 saturated carbocycles. The van der Waals surface area contributed by atoms with Crippen LogP contribution in [-0.2, 0) is 29.8 Å². The highest BCUT2D eigenvalue weighted by Gasteiger charge is 2.43. The molecule has 0 heterocycles. The summed E-state index contributed by atoms with van der Waals surface area (Å²) in [5.74, 6) is -0.863. The Morgan fingerprint density at radius 1 is 1.12 bits per heavy atom. The average Bonchev–Trinajstić information content (AvgIpc) is 2.77. The summed E-state index contributed by atoms with van der Waals surface area (Å²) in [5, 5.41) is 8.41. The first-order valence-electron chi connectivity index (χ1n) is 10.5. The Bertz CT molecular complexity index is 1080. The molecule has 1 unspecified atom stereocenters. The third-order valence-electron chi connectivity index (χ3n) is 5.90. The van der Waals surface area contributed by atoms with Crippen LogP contribution in [0, 0.1) is 0 Å². The van der Waals surface area contributed by atoms with Gasteiger partial charge in [-0.3, -0.25) is 9.59 Å². The van der Waals surface area contributed by atoms with Gasteiger partial charge in [-0.1, -0.05) is 55.1 Å². The third kappa shape index (κ3) is 5.68. The second kappa shape index (κ2) is 10.0. The topological polar surface area (TPSA) is 116 Å². The molecule has 0 spiro atoms. The second-order valence-electron chi connectivity index (χ2n) is 8.13. The molecule has 32 heavy (non-hydrogen) atoms. The number of hydrogen-bond donors (Lipinski definition) is 2. The fourth-order valence-electron chi connectivity index (χ4n) is 4.13. The monoisotopic (exact) mass is 478 g/mol. The van der Waals surface area contributed by atoms with Gasteiger partial charge in [0.05, 0.1) is 16.4 Å². The van der Waals surface area contributed by atoms with E-state index in [9.17, 15) is 18.0 Å². The molecule has 1 aliphatic rings. The minimum atomic E-state index is -3.78. The van der Waals surface area contributed by atoms with E-state index in [-0.39, 0.29) is 4.90 Å². The van der Waals surface area contributed by atoms with Crippen LogP contribution < -0.4 is 10.5 Å². The zero-order valence-corrected chi connectivity index (χ0v) is 19.4. The number of hydrogen-bond acceptors (Lipinski definition) is 5. The normalized spacial score (nSPS) is 16.7. The summed E-state index contributed by atoms with van der Waals surface area (Å²) in [6, 6.07) is 12.8. The van der Waals surface area contributed by atoms with Crippen molar-refractivity contribution in [1.29, 1.82) is 0 Å². The van der Waals surface area contributed by atoms with Gasteiger partial charge in [0.25, 0.3) is 5.91 Å². The van der Waals surface area contributed by atoms with Gasteiger partial charge in [0, 0.05) is 5.02 Å². The van der Waals surface area contributed by atoms with Crippen LogP contribution in [-0.4, -0.2) is 26.9 Å². The molecule has 7 nitrogen and oxygen atoms in total. The molecular formula is C23H27ClN2O5S. The van der Waals surface area contributed by atoms with E-state index in [0.29, 0.717) is 23.4 Å². The Morgan fingerprint density at radius 2 is 1.78 bits per heavy atom. The number of amides is 1. The molecule has 1 aliphatic carbocycles. The van der Waals surface area contributed by atoms with Crippen LogP contribution in [0.2, 0.25) is 5.02 Å². The number of carbonyl (C=O) groups excluding carboxylic acids is 2. The Kier molecular flexibility index (Phi) is 7.59. The van der Waals surface area contributed by atoms with E-state index < -0.39 is 40.0 Å². The van der Waals surface area contributed by atoms with Gasteiger partial charge in [-0.05, 0) is 55.2 Å². The number of benzene rings is 2. The number of nitrogens with two attached hydrogens (primary N) is 1. The van der Waals surface area contributed by atoms with Gasteiger partial charge in [-0.25, -0.2) is 13.6 Å². The summed E-state index contributed by atoms with van der Waals surface area (Å²) < 4.78 is 28.2. The molecule has 3 rings (SSSR count). The first kappa shape index (κ1) is 24.2. The maximum Gasteiger partial charge on any atom is 0.317 e. The van der Waals surface area contributed by atoms with E-state index >= 15 is 0 Å². The number of primary sulfonamides is 1. The van der Waals surface area contributed by atoms with Crippen molar-refractivity contribution in [3.8, 4) is 0 Å². The van der Waals surface area contributed by atoms with Crippen molar-refractivity contribution in [3.63, 3.8) is 0 Å². The van der Waals surface area contributed by atoms with Crippen molar-refractivity contribution in [2.75, 3.05) is 6.61 Å². The molecule has 0 aliphatic heterocycles. The summed E-state index contributed by atoms with van der Waals surface area (Å²) in [7, 11) is -3.78. The van der Waals surface area contributed by atoms with Crippen LogP contribution >= 0.6 is 11.6 Å². The molecule has 0 saturated heterocycles. The summed E-state index contributed by atoms with van der Waals surface area (Å²) in [6.45, 7) is 1.35. The highest BCUT2D eigenvalue weighted by molar-refractivity contribution is 7.89. The van der Waals surface area contributed by atoms with Crippen molar-refractivity contribution in [2.24, 2.45) is 5.14 Å². The predicted molar refractivity (Wildman–Crippen MR) is 122 cm³/mol. The van der Waals surface area contributed by atoms with Crippen LogP contribution in [0.1, 0.15) is 56.2 Å². The molecule has 2 aromatic rings. The van der Waals surface area contributed by atoms with Crippen molar-refractivity contribution < 1.29 is 22.7 Å². The van der Waals surface area contributed by atoms with E-state index in [1.165, 1.54) is 12.1 Å². The smallest absolute Gasteiger partial charge is 0.317 e. The van der Waals surface area contributed by atoms with Gasteiger partial charge in [-0.15, -0.1) is 0 Å². The fraction of sp³-hybridized carbons (Fsp3) is 0.391. The zero-order chi connectivity index (χ0) is 23.4. The molecule has 1 amide bonds. The molecule has 0 aromatic heterocycles. The van der Waals surface area contributed by atoms with Crippen LogP contribution in [0.3, 0.4) is 0 Å². The molecule has 0 bridgehead atoms. The lowest BCUT2D eigenvalue weighted by Gasteiger charge is -2.35. The van der Waals surface area contributed by atoms with E-state index in [2.05, 4.69) is 5.32 Å². The molecule has 1 fully saturated rings.